The molecule has 0 unspecified atom stereocenters. The van der Waals surface area contributed by atoms with Gasteiger partial charge in [0.05, 0.1) is 4.90 Å². The number of piperazine rings is 1. The van der Waals surface area contributed by atoms with Crippen molar-refractivity contribution in [2.45, 2.75) is 37.6 Å². The molecule has 8 heteroatoms. The molecule has 1 N–H and O–H groups in total. The number of rotatable bonds is 3. The van der Waals surface area contributed by atoms with Crippen LogP contribution < -0.4 is 5.32 Å². The Morgan fingerprint density at radius 2 is 1.84 bits per heavy atom. The third-order valence-corrected chi connectivity index (χ3v) is 6.85. The zero-order valence-electron chi connectivity index (χ0n) is 14.5. The number of hydrogen-bond donors (Lipinski definition) is 1. The van der Waals surface area contributed by atoms with Crippen LogP contribution in [0.1, 0.15) is 24.0 Å². The summed E-state index contributed by atoms with van der Waals surface area (Å²) in [6.45, 7) is 4.87. The van der Waals surface area contributed by atoms with Crippen molar-refractivity contribution in [2.75, 3.05) is 26.2 Å². The molecule has 2 saturated heterocycles. The number of carbonyl (C=O) groups excluding carboxylic acids is 2. The molecular formula is C17H23N3O4S. The molecule has 3 rings (SSSR count). The second kappa shape index (κ2) is 6.76. The Hall–Kier alpha value is -1.93. The van der Waals surface area contributed by atoms with E-state index in [1.165, 1.54) is 4.31 Å². The summed E-state index contributed by atoms with van der Waals surface area (Å²) in [6, 6.07) is 4.93. The van der Waals surface area contributed by atoms with Crippen molar-refractivity contribution in [3.63, 3.8) is 0 Å². The molecule has 25 heavy (non-hydrogen) atoms. The normalized spacial score (nSPS) is 22.1. The van der Waals surface area contributed by atoms with Crippen LogP contribution in [0.5, 0.6) is 0 Å². The summed E-state index contributed by atoms with van der Waals surface area (Å²) in [5, 5.41) is 2.67. The van der Waals surface area contributed by atoms with E-state index in [1.54, 1.807) is 17.9 Å². The first kappa shape index (κ1) is 17.9. The van der Waals surface area contributed by atoms with Crippen LogP contribution in [0.4, 0.5) is 0 Å². The van der Waals surface area contributed by atoms with E-state index in [4.69, 9.17) is 0 Å². The summed E-state index contributed by atoms with van der Waals surface area (Å²) in [5.41, 5.74) is 1.62. The Morgan fingerprint density at radius 3 is 2.44 bits per heavy atom. The Labute approximate surface area is 148 Å². The van der Waals surface area contributed by atoms with E-state index in [1.807, 2.05) is 19.1 Å². The minimum absolute atomic E-state index is 0.102. The molecule has 2 amide bonds. The molecule has 1 atom stereocenters. The lowest BCUT2D eigenvalue weighted by Gasteiger charge is -2.35. The standard InChI is InChI=1S/C17H23N3O4S/c1-12-3-4-13(2)15(11-12)25(23,24)20-9-7-19(8-10-20)17(22)14-5-6-16(21)18-14/h3-4,11,14H,5-10H2,1-2H3,(H,18,21)/t14-/m1/s1. The van der Waals surface area contributed by atoms with Gasteiger partial charge in [0.25, 0.3) is 0 Å². The van der Waals surface area contributed by atoms with E-state index in [0.717, 1.165) is 11.1 Å². The second-order valence-electron chi connectivity index (χ2n) is 6.66. The second-order valence-corrected chi connectivity index (χ2v) is 8.56. The van der Waals surface area contributed by atoms with Gasteiger partial charge in [0.1, 0.15) is 6.04 Å². The number of amides is 2. The van der Waals surface area contributed by atoms with Crippen LogP contribution in [-0.4, -0.2) is 61.7 Å². The highest BCUT2D eigenvalue weighted by atomic mass is 32.2. The van der Waals surface area contributed by atoms with Gasteiger partial charge < -0.3 is 10.2 Å². The third-order valence-electron chi connectivity index (χ3n) is 4.81. The van der Waals surface area contributed by atoms with Gasteiger partial charge in [0.15, 0.2) is 0 Å². The van der Waals surface area contributed by atoms with Crippen LogP contribution in [0.25, 0.3) is 0 Å². The molecule has 0 aliphatic carbocycles. The molecule has 1 aromatic carbocycles. The number of nitrogens with zero attached hydrogens (tertiary/aromatic N) is 2. The van der Waals surface area contributed by atoms with Crippen LogP contribution >= 0.6 is 0 Å². The maximum Gasteiger partial charge on any atom is 0.245 e. The van der Waals surface area contributed by atoms with Gasteiger partial charge in [0, 0.05) is 32.6 Å². The first-order valence-corrected chi connectivity index (χ1v) is 9.88. The minimum Gasteiger partial charge on any atom is -0.344 e. The topological polar surface area (TPSA) is 86.8 Å². The molecule has 7 nitrogen and oxygen atoms in total. The quantitative estimate of drug-likeness (QED) is 0.841. The molecule has 2 aliphatic rings. The fourth-order valence-electron chi connectivity index (χ4n) is 3.29. The number of benzene rings is 1. The van der Waals surface area contributed by atoms with Crippen LogP contribution in [0.2, 0.25) is 0 Å². The molecule has 1 aromatic rings. The van der Waals surface area contributed by atoms with E-state index >= 15 is 0 Å². The highest BCUT2D eigenvalue weighted by Gasteiger charge is 2.35. The van der Waals surface area contributed by atoms with Gasteiger partial charge >= 0.3 is 0 Å². The fourth-order valence-corrected chi connectivity index (χ4v) is 5.02. The Morgan fingerprint density at radius 1 is 1.16 bits per heavy atom. The fraction of sp³-hybridized carbons (Fsp3) is 0.529. The Balaban J connectivity index is 1.68. The summed E-state index contributed by atoms with van der Waals surface area (Å²) in [7, 11) is -3.57. The number of sulfonamides is 1. The Kier molecular flexibility index (Phi) is 4.83. The molecule has 2 heterocycles. The highest BCUT2D eigenvalue weighted by molar-refractivity contribution is 7.89. The summed E-state index contributed by atoms with van der Waals surface area (Å²) < 4.78 is 27.2. The molecule has 0 radical (unpaired) electrons. The molecular weight excluding hydrogens is 342 g/mol. The van der Waals surface area contributed by atoms with E-state index in [2.05, 4.69) is 5.32 Å². The van der Waals surface area contributed by atoms with Gasteiger partial charge in [-0.2, -0.15) is 4.31 Å². The van der Waals surface area contributed by atoms with Crippen LogP contribution in [-0.2, 0) is 19.6 Å². The Bertz CT molecular complexity index is 798. The number of hydrogen-bond acceptors (Lipinski definition) is 4. The average molecular weight is 365 g/mol. The SMILES string of the molecule is Cc1ccc(C)c(S(=O)(=O)N2CCN(C(=O)[C@H]3CCC(=O)N3)CC2)c1. The predicted molar refractivity (Wildman–Crippen MR) is 92.4 cm³/mol. The molecule has 0 saturated carbocycles. The van der Waals surface area contributed by atoms with Crippen LogP contribution in [0, 0.1) is 13.8 Å². The number of carbonyl (C=O) groups is 2. The maximum absolute atomic E-state index is 12.9. The van der Waals surface area contributed by atoms with Gasteiger partial charge in [-0.3, -0.25) is 9.59 Å². The molecule has 0 bridgehead atoms. The summed E-state index contributed by atoms with van der Waals surface area (Å²) in [5.74, 6) is -0.218. The van der Waals surface area contributed by atoms with Crippen molar-refractivity contribution >= 4 is 21.8 Å². The summed E-state index contributed by atoms with van der Waals surface area (Å²) >= 11 is 0. The first-order chi connectivity index (χ1) is 11.8. The van der Waals surface area contributed by atoms with Gasteiger partial charge in [-0.15, -0.1) is 0 Å². The van der Waals surface area contributed by atoms with E-state index in [0.29, 0.717) is 30.8 Å². The van der Waals surface area contributed by atoms with Crippen molar-refractivity contribution in [1.82, 2.24) is 14.5 Å². The average Bonchev–Trinajstić information content (AvgIpc) is 3.03. The van der Waals surface area contributed by atoms with Crippen LogP contribution in [0.3, 0.4) is 0 Å². The van der Waals surface area contributed by atoms with Crippen molar-refractivity contribution in [3.8, 4) is 0 Å². The maximum atomic E-state index is 12.9. The minimum atomic E-state index is -3.57. The van der Waals surface area contributed by atoms with E-state index < -0.39 is 16.1 Å². The summed E-state index contributed by atoms with van der Waals surface area (Å²) in [6.07, 6.45) is 0.885. The van der Waals surface area contributed by atoms with Gasteiger partial charge in [-0.25, -0.2) is 8.42 Å². The lowest BCUT2D eigenvalue weighted by atomic mass is 10.2. The third kappa shape index (κ3) is 3.55. The lowest BCUT2D eigenvalue weighted by molar-refractivity contribution is -0.135. The zero-order chi connectivity index (χ0) is 18.2. The van der Waals surface area contributed by atoms with E-state index in [-0.39, 0.29) is 24.9 Å². The largest absolute Gasteiger partial charge is 0.344 e. The van der Waals surface area contributed by atoms with E-state index in [9.17, 15) is 18.0 Å². The predicted octanol–water partition coefficient (Wildman–Crippen LogP) is 0.415. The molecule has 0 spiro atoms. The van der Waals surface area contributed by atoms with Gasteiger partial charge in [-0.1, -0.05) is 12.1 Å². The molecule has 136 valence electrons. The molecule has 2 fully saturated rings. The monoisotopic (exact) mass is 365 g/mol. The highest BCUT2D eigenvalue weighted by Crippen LogP contribution is 2.23. The zero-order valence-corrected chi connectivity index (χ0v) is 15.3. The number of nitrogens with one attached hydrogen (secondary N) is 1. The summed E-state index contributed by atoms with van der Waals surface area (Å²) in [4.78, 5) is 25.7. The lowest BCUT2D eigenvalue weighted by Crippen LogP contribution is -2.54. The molecule has 2 aliphatic heterocycles. The smallest absolute Gasteiger partial charge is 0.245 e. The van der Waals surface area contributed by atoms with Crippen LogP contribution in [0.15, 0.2) is 23.1 Å². The van der Waals surface area contributed by atoms with Crippen molar-refractivity contribution in [2.24, 2.45) is 0 Å². The molecule has 0 aromatic heterocycles. The van der Waals surface area contributed by atoms with Gasteiger partial charge in [0.2, 0.25) is 21.8 Å². The number of aryl methyl sites for hydroxylation is 2. The first-order valence-electron chi connectivity index (χ1n) is 8.44. The van der Waals surface area contributed by atoms with Gasteiger partial charge in [-0.05, 0) is 37.5 Å². The van der Waals surface area contributed by atoms with Crippen molar-refractivity contribution in [1.29, 1.82) is 0 Å². The van der Waals surface area contributed by atoms with Crippen molar-refractivity contribution < 1.29 is 18.0 Å². The van der Waals surface area contributed by atoms with Crippen molar-refractivity contribution in [3.05, 3.63) is 29.3 Å².